The molecule has 1 saturated heterocycles. The number of nitrogens with zero attached hydrogens (tertiary/aromatic N) is 2. The van der Waals surface area contributed by atoms with E-state index in [-0.39, 0.29) is 11.3 Å². The molecule has 0 aliphatic carbocycles. The molecule has 0 saturated carbocycles. The summed E-state index contributed by atoms with van der Waals surface area (Å²) in [6, 6.07) is 5.18. The molecule has 0 atom stereocenters. The number of benzene rings is 1. The van der Waals surface area contributed by atoms with Crippen molar-refractivity contribution in [1.82, 2.24) is 15.5 Å². The first-order chi connectivity index (χ1) is 12.0. The van der Waals surface area contributed by atoms with Gasteiger partial charge in [0.1, 0.15) is 11.5 Å². The Kier molecular flexibility index (Phi) is 6.90. The molecule has 1 aromatic carbocycles. The highest BCUT2D eigenvalue weighted by atomic mass is 16.5. The van der Waals surface area contributed by atoms with E-state index in [2.05, 4.69) is 34.4 Å². The third kappa shape index (κ3) is 5.51. The van der Waals surface area contributed by atoms with Crippen LogP contribution in [0.3, 0.4) is 0 Å². The second-order valence-corrected chi connectivity index (χ2v) is 6.69. The number of phenols is 1. The van der Waals surface area contributed by atoms with Crippen LogP contribution in [0, 0.1) is 0 Å². The molecule has 2 rings (SSSR count). The van der Waals surface area contributed by atoms with E-state index in [1.165, 1.54) is 0 Å². The maximum Gasteiger partial charge on any atom is 0.191 e. The average molecular weight is 350 g/mol. The summed E-state index contributed by atoms with van der Waals surface area (Å²) in [7, 11) is 3.35. The molecule has 0 radical (unpaired) electrons. The SMILES string of the molecule is CN=C(NCc1cc(OC)ccc1O)NCC(C)(C)N1CCOCC1. The van der Waals surface area contributed by atoms with Gasteiger partial charge in [0.25, 0.3) is 0 Å². The van der Waals surface area contributed by atoms with Crippen LogP contribution in [0.15, 0.2) is 23.2 Å². The minimum Gasteiger partial charge on any atom is -0.508 e. The minimum absolute atomic E-state index is 0.000490. The highest BCUT2D eigenvalue weighted by Gasteiger charge is 2.28. The van der Waals surface area contributed by atoms with Gasteiger partial charge in [-0.05, 0) is 32.0 Å². The third-order valence-corrected chi connectivity index (χ3v) is 4.51. The van der Waals surface area contributed by atoms with Gasteiger partial charge in [0, 0.05) is 44.3 Å². The molecule has 3 N–H and O–H groups in total. The van der Waals surface area contributed by atoms with Crippen LogP contribution in [0.5, 0.6) is 11.5 Å². The summed E-state index contributed by atoms with van der Waals surface area (Å²) in [5.41, 5.74) is 0.759. The second-order valence-electron chi connectivity index (χ2n) is 6.69. The van der Waals surface area contributed by atoms with Crippen molar-refractivity contribution in [2.45, 2.75) is 25.9 Å². The smallest absolute Gasteiger partial charge is 0.191 e. The Hall–Kier alpha value is -1.99. The van der Waals surface area contributed by atoms with Gasteiger partial charge in [-0.2, -0.15) is 0 Å². The van der Waals surface area contributed by atoms with Crippen molar-refractivity contribution >= 4 is 5.96 Å². The third-order valence-electron chi connectivity index (χ3n) is 4.51. The van der Waals surface area contributed by atoms with Crippen LogP contribution < -0.4 is 15.4 Å². The lowest BCUT2D eigenvalue weighted by molar-refractivity contribution is -0.00834. The summed E-state index contributed by atoms with van der Waals surface area (Å²) in [6.45, 7) is 9.10. The molecule has 0 bridgehead atoms. The summed E-state index contributed by atoms with van der Waals surface area (Å²) in [4.78, 5) is 6.68. The fourth-order valence-corrected chi connectivity index (χ4v) is 2.81. The van der Waals surface area contributed by atoms with Crippen LogP contribution in [0.1, 0.15) is 19.4 Å². The number of methoxy groups -OCH3 is 1. The fraction of sp³-hybridized carbons (Fsp3) is 0.611. The number of phenolic OH excluding ortho intramolecular Hbond substituents is 1. The Labute approximate surface area is 150 Å². The van der Waals surface area contributed by atoms with E-state index in [9.17, 15) is 5.11 Å². The topological polar surface area (TPSA) is 78.4 Å². The van der Waals surface area contributed by atoms with E-state index in [1.54, 1.807) is 26.3 Å². The van der Waals surface area contributed by atoms with Crippen LogP contribution in [0.2, 0.25) is 0 Å². The van der Waals surface area contributed by atoms with E-state index in [0.717, 1.165) is 38.4 Å². The van der Waals surface area contributed by atoms with Crippen molar-refractivity contribution in [3.05, 3.63) is 23.8 Å². The molecule has 7 nitrogen and oxygen atoms in total. The number of aromatic hydroxyl groups is 1. The first-order valence-electron chi connectivity index (χ1n) is 8.59. The van der Waals surface area contributed by atoms with Crippen molar-refractivity contribution < 1.29 is 14.6 Å². The maximum absolute atomic E-state index is 9.97. The first kappa shape index (κ1) is 19.3. The lowest BCUT2D eigenvalue weighted by Gasteiger charge is -2.41. The summed E-state index contributed by atoms with van der Waals surface area (Å²) < 4.78 is 10.6. The predicted octanol–water partition coefficient (Wildman–Crippen LogP) is 1.18. The molecular formula is C18H30N4O3. The number of hydrogen-bond donors (Lipinski definition) is 3. The van der Waals surface area contributed by atoms with Crippen molar-refractivity contribution in [1.29, 1.82) is 0 Å². The van der Waals surface area contributed by atoms with Gasteiger partial charge in [-0.15, -0.1) is 0 Å². The molecule has 140 valence electrons. The second kappa shape index (κ2) is 8.92. The van der Waals surface area contributed by atoms with Gasteiger partial charge in [-0.1, -0.05) is 0 Å². The Morgan fingerprint density at radius 3 is 2.68 bits per heavy atom. The van der Waals surface area contributed by atoms with Crippen LogP contribution in [0.4, 0.5) is 0 Å². The predicted molar refractivity (Wildman–Crippen MR) is 99.3 cm³/mol. The van der Waals surface area contributed by atoms with Crippen molar-refractivity contribution in [3.8, 4) is 11.5 Å². The lowest BCUT2D eigenvalue weighted by Crippen LogP contribution is -2.56. The maximum atomic E-state index is 9.97. The molecule has 1 aliphatic heterocycles. The largest absolute Gasteiger partial charge is 0.508 e. The van der Waals surface area contributed by atoms with Crippen LogP contribution in [0.25, 0.3) is 0 Å². The average Bonchev–Trinajstić information content (AvgIpc) is 2.64. The van der Waals surface area contributed by atoms with Crippen molar-refractivity contribution in [2.24, 2.45) is 4.99 Å². The molecule has 1 fully saturated rings. The van der Waals surface area contributed by atoms with Gasteiger partial charge in [0.15, 0.2) is 5.96 Å². The molecule has 0 spiro atoms. The van der Waals surface area contributed by atoms with Gasteiger partial charge >= 0.3 is 0 Å². The molecule has 0 amide bonds. The van der Waals surface area contributed by atoms with E-state index in [4.69, 9.17) is 9.47 Å². The van der Waals surface area contributed by atoms with E-state index < -0.39 is 0 Å². The number of ether oxygens (including phenoxy) is 2. The molecule has 1 aromatic rings. The van der Waals surface area contributed by atoms with Gasteiger partial charge in [0.05, 0.1) is 20.3 Å². The molecule has 0 unspecified atom stereocenters. The monoisotopic (exact) mass is 350 g/mol. The van der Waals surface area contributed by atoms with Gasteiger partial charge in [-0.3, -0.25) is 9.89 Å². The zero-order valence-corrected chi connectivity index (χ0v) is 15.6. The van der Waals surface area contributed by atoms with Crippen LogP contribution in [-0.4, -0.2) is 68.5 Å². The zero-order chi connectivity index (χ0) is 18.3. The summed E-state index contributed by atoms with van der Waals surface area (Å²) in [5, 5.41) is 16.6. The van der Waals surface area contributed by atoms with E-state index in [0.29, 0.717) is 18.3 Å². The van der Waals surface area contributed by atoms with Gasteiger partial charge in [0.2, 0.25) is 0 Å². The Morgan fingerprint density at radius 1 is 1.32 bits per heavy atom. The summed E-state index contributed by atoms with van der Waals surface area (Å²) >= 11 is 0. The highest BCUT2D eigenvalue weighted by Crippen LogP contribution is 2.22. The Bertz CT molecular complexity index is 584. The first-order valence-corrected chi connectivity index (χ1v) is 8.59. The number of morpholine rings is 1. The standard InChI is InChI=1S/C18H30N4O3/c1-18(2,22-7-9-25-10-8-22)13-21-17(19-3)20-12-14-11-15(24-4)5-6-16(14)23/h5-6,11,23H,7-10,12-13H2,1-4H3,(H2,19,20,21). The van der Waals surface area contributed by atoms with E-state index >= 15 is 0 Å². The summed E-state index contributed by atoms with van der Waals surface area (Å²) in [5.74, 6) is 1.65. The lowest BCUT2D eigenvalue weighted by atomic mass is 10.0. The highest BCUT2D eigenvalue weighted by molar-refractivity contribution is 5.79. The molecule has 25 heavy (non-hydrogen) atoms. The molecule has 1 aliphatic rings. The number of nitrogens with one attached hydrogen (secondary N) is 2. The number of hydrogen-bond acceptors (Lipinski definition) is 5. The number of aliphatic imine (C=N–C) groups is 1. The van der Waals surface area contributed by atoms with Gasteiger partial charge in [-0.25, -0.2) is 0 Å². The minimum atomic E-state index is -0.000490. The van der Waals surface area contributed by atoms with Crippen molar-refractivity contribution in [3.63, 3.8) is 0 Å². The normalized spacial score (nSPS) is 16.6. The molecular weight excluding hydrogens is 320 g/mol. The Morgan fingerprint density at radius 2 is 2.04 bits per heavy atom. The molecule has 7 heteroatoms. The van der Waals surface area contributed by atoms with E-state index in [1.807, 2.05) is 6.07 Å². The Balaban J connectivity index is 1.88. The van der Waals surface area contributed by atoms with Crippen LogP contribution >= 0.6 is 0 Å². The van der Waals surface area contributed by atoms with Crippen molar-refractivity contribution in [2.75, 3.05) is 47.0 Å². The zero-order valence-electron chi connectivity index (χ0n) is 15.6. The summed E-state index contributed by atoms with van der Waals surface area (Å²) in [6.07, 6.45) is 0. The fourth-order valence-electron chi connectivity index (χ4n) is 2.81. The number of rotatable bonds is 6. The quantitative estimate of drug-likeness (QED) is 0.528. The van der Waals surface area contributed by atoms with Crippen LogP contribution in [-0.2, 0) is 11.3 Å². The van der Waals surface area contributed by atoms with Gasteiger partial charge < -0.3 is 25.2 Å². The molecule has 1 heterocycles. The molecule has 0 aromatic heterocycles. The number of guanidine groups is 1.